The fourth-order valence-corrected chi connectivity index (χ4v) is 5.03. The van der Waals surface area contributed by atoms with Crippen LogP contribution in [-0.2, 0) is 14.3 Å². The molecule has 36 heavy (non-hydrogen) atoms. The maximum Gasteiger partial charge on any atom is 0.348 e. The Morgan fingerprint density at radius 1 is 1.14 bits per heavy atom. The highest BCUT2D eigenvalue weighted by Crippen LogP contribution is 2.32. The summed E-state index contributed by atoms with van der Waals surface area (Å²) in [5, 5.41) is 10.6. The monoisotopic (exact) mass is 506 g/mol. The molecule has 1 aliphatic rings. The number of furan rings is 1. The quantitative estimate of drug-likeness (QED) is 0.363. The maximum atomic E-state index is 13.0. The number of aryl methyl sites for hydroxylation is 1. The summed E-state index contributed by atoms with van der Waals surface area (Å²) in [6.07, 6.45) is 1.44. The molecule has 4 aromatic rings. The van der Waals surface area contributed by atoms with Crippen molar-refractivity contribution in [3.63, 3.8) is 0 Å². The lowest BCUT2D eigenvalue weighted by molar-refractivity contribution is -0.139. The molecule has 4 heterocycles. The molecule has 0 radical (unpaired) electrons. The zero-order valence-corrected chi connectivity index (χ0v) is 20.3. The van der Waals surface area contributed by atoms with E-state index in [1.807, 2.05) is 37.3 Å². The van der Waals surface area contributed by atoms with E-state index in [1.54, 1.807) is 29.8 Å². The maximum absolute atomic E-state index is 13.0. The van der Waals surface area contributed by atoms with Gasteiger partial charge in [0.1, 0.15) is 28.1 Å². The molecule has 5 rings (SSSR count). The molecule has 0 bridgehead atoms. The molecule has 1 aromatic carbocycles. The zero-order valence-electron chi connectivity index (χ0n) is 19.4. The first-order chi connectivity index (χ1) is 17.5. The molecule has 0 aliphatic carbocycles. The van der Waals surface area contributed by atoms with Gasteiger partial charge in [-0.1, -0.05) is 18.2 Å². The number of esters is 2. The van der Waals surface area contributed by atoms with Gasteiger partial charge in [0.05, 0.1) is 35.5 Å². The summed E-state index contributed by atoms with van der Waals surface area (Å²) in [5.41, 5.74) is 1.89. The van der Waals surface area contributed by atoms with Gasteiger partial charge >= 0.3 is 18.0 Å². The normalized spacial score (nSPS) is 15.5. The van der Waals surface area contributed by atoms with E-state index in [0.717, 1.165) is 21.6 Å². The van der Waals surface area contributed by atoms with E-state index in [4.69, 9.17) is 13.9 Å². The number of benzene rings is 1. The van der Waals surface area contributed by atoms with Crippen LogP contribution in [-0.4, -0.2) is 41.0 Å². The number of hydrogen-bond donors (Lipinski definition) is 2. The van der Waals surface area contributed by atoms with Crippen molar-refractivity contribution in [1.29, 1.82) is 0 Å². The Kier molecular flexibility index (Phi) is 6.30. The Balaban J connectivity index is 1.43. The van der Waals surface area contributed by atoms with Gasteiger partial charge in [0.15, 0.2) is 0 Å². The van der Waals surface area contributed by atoms with E-state index in [1.165, 1.54) is 17.6 Å². The Hall–Kier alpha value is -4.38. The highest BCUT2D eigenvalue weighted by atomic mass is 32.1. The molecule has 0 unspecified atom stereocenters. The van der Waals surface area contributed by atoms with Gasteiger partial charge in [-0.05, 0) is 44.2 Å². The molecule has 3 aromatic heterocycles. The van der Waals surface area contributed by atoms with Gasteiger partial charge in [-0.3, -0.25) is 0 Å². The van der Waals surface area contributed by atoms with E-state index >= 15 is 0 Å². The summed E-state index contributed by atoms with van der Waals surface area (Å²) in [4.78, 5) is 39.2. The smallest absolute Gasteiger partial charge is 0.348 e. The second-order valence-corrected chi connectivity index (χ2v) is 8.93. The summed E-state index contributed by atoms with van der Waals surface area (Å²) < 4.78 is 17.9. The van der Waals surface area contributed by atoms with Crippen molar-refractivity contribution in [3.05, 3.63) is 82.4 Å². The zero-order chi connectivity index (χ0) is 25.2. The van der Waals surface area contributed by atoms with Crippen LogP contribution in [0.15, 0.2) is 70.5 Å². The first kappa shape index (κ1) is 23.4. The predicted molar refractivity (Wildman–Crippen MR) is 131 cm³/mol. The van der Waals surface area contributed by atoms with Crippen molar-refractivity contribution in [3.8, 4) is 5.69 Å². The number of carbonyl (C=O) groups excluding carboxylic acids is 3. The molecule has 11 heteroatoms. The fraction of sp³-hybridized carbons (Fsp3) is 0.200. The van der Waals surface area contributed by atoms with Crippen LogP contribution in [0, 0.1) is 6.92 Å². The first-order valence-corrected chi connectivity index (χ1v) is 12.0. The Bertz CT molecular complexity index is 1470. The number of aromatic nitrogens is 2. The summed E-state index contributed by atoms with van der Waals surface area (Å²) in [7, 11) is 0. The average Bonchev–Trinajstić information content (AvgIpc) is 3.62. The average molecular weight is 507 g/mol. The summed E-state index contributed by atoms with van der Waals surface area (Å²) in [6, 6.07) is 13.2. The van der Waals surface area contributed by atoms with Gasteiger partial charge in [0.25, 0.3) is 0 Å². The topological polar surface area (TPSA) is 125 Å². The van der Waals surface area contributed by atoms with E-state index < -0.39 is 24.0 Å². The number of para-hydroxylation sites is 1. The summed E-state index contributed by atoms with van der Waals surface area (Å²) in [5.74, 6) is -0.895. The largest absolute Gasteiger partial charge is 0.467 e. The van der Waals surface area contributed by atoms with Gasteiger partial charge in [0.2, 0.25) is 0 Å². The molecule has 10 nitrogen and oxygen atoms in total. The highest BCUT2D eigenvalue weighted by Gasteiger charge is 2.36. The number of urea groups is 1. The van der Waals surface area contributed by atoms with Crippen molar-refractivity contribution >= 4 is 39.5 Å². The molecule has 2 amide bonds. The number of nitrogens with one attached hydrogen (secondary N) is 2. The lowest BCUT2D eigenvalue weighted by Crippen LogP contribution is -2.47. The molecular weight excluding hydrogens is 484 g/mol. The number of hydrogen-bond acceptors (Lipinski definition) is 8. The Morgan fingerprint density at radius 2 is 1.94 bits per heavy atom. The van der Waals surface area contributed by atoms with Crippen LogP contribution in [0.3, 0.4) is 0 Å². The number of amides is 2. The molecule has 0 saturated carbocycles. The van der Waals surface area contributed by atoms with Crippen LogP contribution >= 0.6 is 11.3 Å². The molecule has 0 saturated heterocycles. The van der Waals surface area contributed by atoms with E-state index in [9.17, 15) is 14.4 Å². The molecule has 2 N–H and O–H groups in total. The van der Waals surface area contributed by atoms with Gasteiger partial charge < -0.3 is 24.5 Å². The lowest BCUT2D eigenvalue weighted by Gasteiger charge is -2.27. The van der Waals surface area contributed by atoms with Crippen LogP contribution in [0.2, 0.25) is 0 Å². The van der Waals surface area contributed by atoms with E-state index in [2.05, 4.69) is 15.7 Å². The van der Waals surface area contributed by atoms with Crippen LogP contribution < -0.4 is 10.6 Å². The third-order valence-corrected chi connectivity index (χ3v) is 6.66. The molecule has 0 fully saturated rings. The first-order valence-electron chi connectivity index (χ1n) is 11.2. The van der Waals surface area contributed by atoms with Crippen molar-refractivity contribution in [2.24, 2.45) is 0 Å². The molecule has 1 aliphatic heterocycles. The van der Waals surface area contributed by atoms with Crippen LogP contribution in [0.4, 0.5) is 4.79 Å². The Morgan fingerprint density at radius 3 is 2.67 bits per heavy atom. The minimum absolute atomic E-state index is 0.103. The number of nitrogens with zero attached hydrogens (tertiary/aromatic N) is 2. The van der Waals surface area contributed by atoms with Gasteiger partial charge in [-0.25, -0.2) is 19.1 Å². The summed E-state index contributed by atoms with van der Waals surface area (Å²) in [6.45, 7) is 3.34. The molecule has 184 valence electrons. The number of thiophene rings is 1. The van der Waals surface area contributed by atoms with Gasteiger partial charge in [-0.15, -0.1) is 11.3 Å². The van der Waals surface area contributed by atoms with Gasteiger partial charge in [-0.2, -0.15) is 5.10 Å². The SMILES string of the molecule is CCOC(=O)C1=C(COC(=O)c2cc3c(C)nn(-c4ccccc4)c3s2)NC(=O)N[C@H]1c1ccco1. The number of fused-ring (bicyclic) bond motifs is 1. The van der Waals surface area contributed by atoms with E-state index in [0.29, 0.717) is 10.6 Å². The standard InChI is InChI=1S/C25H22N4O6S/c1-3-33-24(31)20-17(26-25(32)27-21(20)18-10-7-11-34-18)13-35-23(30)19-12-16-14(2)28-29(22(16)36-19)15-8-5-4-6-9-15/h4-12,21H,3,13H2,1-2H3,(H2,26,27,32)/t21-/m0/s1. The number of rotatable bonds is 7. The summed E-state index contributed by atoms with van der Waals surface area (Å²) >= 11 is 1.25. The second-order valence-electron chi connectivity index (χ2n) is 7.90. The third kappa shape index (κ3) is 4.36. The Labute approximate surface area is 209 Å². The molecule has 0 spiro atoms. The van der Waals surface area contributed by atoms with Crippen LogP contribution in [0.25, 0.3) is 15.9 Å². The minimum Gasteiger partial charge on any atom is -0.467 e. The van der Waals surface area contributed by atoms with Crippen molar-refractivity contribution in [2.45, 2.75) is 19.9 Å². The van der Waals surface area contributed by atoms with Crippen LogP contribution in [0.1, 0.15) is 34.1 Å². The van der Waals surface area contributed by atoms with Gasteiger partial charge in [0, 0.05) is 5.39 Å². The number of ether oxygens (including phenoxy) is 2. The van der Waals surface area contributed by atoms with E-state index in [-0.39, 0.29) is 24.5 Å². The van der Waals surface area contributed by atoms with Crippen LogP contribution in [0.5, 0.6) is 0 Å². The highest BCUT2D eigenvalue weighted by molar-refractivity contribution is 7.20. The molecule has 1 atom stereocenters. The fourth-order valence-electron chi connectivity index (χ4n) is 3.95. The molecular formula is C25H22N4O6S. The predicted octanol–water partition coefficient (Wildman–Crippen LogP) is 4.02. The number of carbonyl (C=O) groups is 3. The van der Waals surface area contributed by atoms with Crippen molar-refractivity contribution in [2.75, 3.05) is 13.2 Å². The van der Waals surface area contributed by atoms with Crippen molar-refractivity contribution in [1.82, 2.24) is 20.4 Å². The minimum atomic E-state index is -0.884. The second kappa shape index (κ2) is 9.70. The van der Waals surface area contributed by atoms with Crippen molar-refractivity contribution < 1.29 is 28.3 Å². The lowest BCUT2D eigenvalue weighted by atomic mass is 10.0. The third-order valence-electron chi connectivity index (χ3n) is 5.57.